The van der Waals surface area contributed by atoms with E-state index >= 15 is 0 Å². The highest BCUT2D eigenvalue weighted by Gasteiger charge is 2.24. The lowest BCUT2D eigenvalue weighted by Crippen LogP contribution is -2.39. The van der Waals surface area contributed by atoms with Gasteiger partial charge in [-0.15, -0.1) is 0 Å². The van der Waals surface area contributed by atoms with Crippen molar-refractivity contribution in [3.63, 3.8) is 0 Å². The van der Waals surface area contributed by atoms with Gasteiger partial charge in [-0.1, -0.05) is 69.3 Å². The van der Waals surface area contributed by atoms with Crippen molar-refractivity contribution < 1.29 is 19.1 Å². The van der Waals surface area contributed by atoms with Crippen molar-refractivity contribution in [2.24, 2.45) is 5.41 Å². The summed E-state index contributed by atoms with van der Waals surface area (Å²) in [6.07, 6.45) is 1.05. The lowest BCUT2D eigenvalue weighted by molar-refractivity contribution is -0.137. The first kappa shape index (κ1) is 24.9. The number of esters is 1. The third kappa shape index (κ3) is 9.64. The largest absolute Gasteiger partial charge is 0.414 e. The van der Waals surface area contributed by atoms with Crippen molar-refractivity contribution >= 4 is 23.7 Å². The number of carbonyl (C=O) groups excluding carboxylic acids is 3. The summed E-state index contributed by atoms with van der Waals surface area (Å²) in [4.78, 5) is 36.0. The first-order valence-corrected chi connectivity index (χ1v) is 10.9. The molecule has 2 amide bonds. The number of rotatable bonds is 11. The first-order chi connectivity index (χ1) is 15.2. The van der Waals surface area contributed by atoms with Crippen LogP contribution in [0.3, 0.4) is 0 Å². The molecule has 2 aromatic carbocycles. The summed E-state index contributed by atoms with van der Waals surface area (Å²) in [6, 6.07) is 19.4. The van der Waals surface area contributed by atoms with Gasteiger partial charge in [0, 0.05) is 19.4 Å². The van der Waals surface area contributed by atoms with E-state index in [1.54, 1.807) is 0 Å². The van der Waals surface area contributed by atoms with Gasteiger partial charge >= 0.3 is 12.1 Å². The molecule has 0 unspecified atom stereocenters. The van der Waals surface area contributed by atoms with E-state index in [0.29, 0.717) is 12.3 Å². The summed E-state index contributed by atoms with van der Waals surface area (Å²) in [5, 5.41) is 2.58. The van der Waals surface area contributed by atoms with Gasteiger partial charge in [0.1, 0.15) is 0 Å². The van der Waals surface area contributed by atoms with Gasteiger partial charge in [-0.3, -0.25) is 20.4 Å². The van der Waals surface area contributed by atoms with Crippen LogP contribution in [0.1, 0.15) is 57.9 Å². The molecule has 0 aliphatic carbocycles. The van der Waals surface area contributed by atoms with Crippen LogP contribution in [-0.4, -0.2) is 24.5 Å². The summed E-state index contributed by atoms with van der Waals surface area (Å²) < 4.78 is 4.84. The van der Waals surface area contributed by atoms with Gasteiger partial charge in [0.25, 0.3) is 0 Å². The van der Waals surface area contributed by atoms with Crippen molar-refractivity contribution in [1.29, 1.82) is 0 Å². The molecule has 0 radical (unpaired) electrons. The van der Waals surface area contributed by atoms with E-state index < -0.39 is 17.5 Å². The fourth-order valence-electron chi connectivity index (χ4n) is 3.21. The van der Waals surface area contributed by atoms with Crippen molar-refractivity contribution in [2.45, 2.75) is 52.4 Å². The molecule has 0 aromatic heterocycles. The highest BCUT2D eigenvalue weighted by Crippen LogP contribution is 2.21. The molecule has 0 spiro atoms. The number of hydrazine groups is 1. The number of amides is 2. The van der Waals surface area contributed by atoms with E-state index in [4.69, 9.17) is 4.74 Å². The fourth-order valence-corrected chi connectivity index (χ4v) is 3.21. The van der Waals surface area contributed by atoms with Crippen molar-refractivity contribution in [3.8, 4) is 0 Å². The number of alkyl carbamates (subject to hydrolysis) is 1. The molecule has 0 aliphatic heterocycles. The monoisotopic (exact) mass is 439 g/mol. The zero-order valence-electron chi connectivity index (χ0n) is 19.0. The molecule has 0 saturated carbocycles. The molecule has 0 fully saturated rings. The van der Waals surface area contributed by atoms with Gasteiger partial charge in [-0.2, -0.15) is 0 Å². The Bertz CT molecular complexity index is 869. The number of nitrogens with one attached hydrogen (secondary N) is 3. The predicted octanol–water partition coefficient (Wildman–Crippen LogP) is 4.77. The normalized spacial score (nSPS) is 11.8. The molecule has 1 atom stereocenters. The third-order valence-electron chi connectivity index (χ3n) is 5.06. The minimum atomic E-state index is -0.790. The molecule has 0 heterocycles. The quantitative estimate of drug-likeness (QED) is 0.266. The average molecular weight is 440 g/mol. The Morgan fingerprint density at radius 3 is 2.25 bits per heavy atom. The first-order valence-electron chi connectivity index (χ1n) is 10.9. The van der Waals surface area contributed by atoms with Crippen LogP contribution in [0.5, 0.6) is 0 Å². The van der Waals surface area contributed by atoms with Gasteiger partial charge in [0.2, 0.25) is 5.91 Å². The summed E-state index contributed by atoms with van der Waals surface area (Å²) >= 11 is 0. The van der Waals surface area contributed by atoms with Crippen molar-refractivity contribution in [3.05, 3.63) is 66.2 Å². The van der Waals surface area contributed by atoms with Crippen LogP contribution >= 0.6 is 0 Å². The second-order valence-electron chi connectivity index (χ2n) is 8.70. The van der Waals surface area contributed by atoms with E-state index in [0.717, 1.165) is 12.1 Å². The van der Waals surface area contributed by atoms with E-state index in [9.17, 15) is 14.4 Å². The van der Waals surface area contributed by atoms with Crippen LogP contribution in [0.2, 0.25) is 0 Å². The van der Waals surface area contributed by atoms with Crippen LogP contribution in [0.15, 0.2) is 60.7 Å². The van der Waals surface area contributed by atoms with E-state index in [2.05, 4.69) is 35.2 Å². The summed E-state index contributed by atoms with van der Waals surface area (Å²) in [7, 11) is 0. The van der Waals surface area contributed by atoms with Crippen LogP contribution in [-0.2, 0) is 14.3 Å². The van der Waals surface area contributed by atoms with E-state index in [1.165, 1.54) is 5.56 Å². The maximum atomic E-state index is 12.2. The van der Waals surface area contributed by atoms with E-state index in [-0.39, 0.29) is 25.3 Å². The maximum Gasteiger partial charge on any atom is 0.414 e. The lowest BCUT2D eigenvalue weighted by Gasteiger charge is -2.24. The molecule has 7 heteroatoms. The van der Waals surface area contributed by atoms with E-state index in [1.807, 2.05) is 62.4 Å². The van der Waals surface area contributed by atoms with Crippen molar-refractivity contribution in [1.82, 2.24) is 10.7 Å². The van der Waals surface area contributed by atoms with Crippen LogP contribution in [0.4, 0.5) is 10.5 Å². The highest BCUT2D eigenvalue weighted by atomic mass is 16.6. The Kier molecular flexibility index (Phi) is 9.73. The summed E-state index contributed by atoms with van der Waals surface area (Å²) in [5.41, 5.74) is 6.95. The number of anilines is 1. The van der Waals surface area contributed by atoms with Gasteiger partial charge in [-0.25, -0.2) is 4.79 Å². The number of benzene rings is 2. The molecule has 0 bridgehead atoms. The highest BCUT2D eigenvalue weighted by molar-refractivity contribution is 5.84. The molecule has 0 saturated heterocycles. The smallest absolute Gasteiger partial charge is 0.376 e. The SMILES string of the molecule is C[C@H](CCCC(=O)OC(=O)NCC(C)(C)CC(=O)NNc1ccccc1)c1ccccc1. The Balaban J connectivity index is 1.62. The second-order valence-corrected chi connectivity index (χ2v) is 8.70. The Labute approximate surface area is 189 Å². The standard InChI is InChI=1S/C25H33N3O4/c1-19(20-12-6-4-7-13-20)11-10-16-23(30)32-24(31)26-18-25(2,3)17-22(29)28-27-21-14-8-5-9-15-21/h4-9,12-15,19,27H,10-11,16-18H2,1-3H3,(H,26,31)(H,28,29)/t19-/m1/s1. The minimum absolute atomic E-state index is 0.179. The fraction of sp³-hybridized carbons (Fsp3) is 0.400. The zero-order chi connectivity index (χ0) is 23.4. The van der Waals surface area contributed by atoms with Gasteiger partial charge in [-0.05, 0) is 41.9 Å². The molecule has 2 rings (SSSR count). The number of hydrogen-bond acceptors (Lipinski definition) is 5. The van der Waals surface area contributed by atoms with Crippen LogP contribution in [0.25, 0.3) is 0 Å². The zero-order valence-corrected chi connectivity index (χ0v) is 19.0. The van der Waals surface area contributed by atoms with Crippen molar-refractivity contribution in [2.75, 3.05) is 12.0 Å². The average Bonchev–Trinajstić information content (AvgIpc) is 2.77. The molecular formula is C25H33N3O4. The summed E-state index contributed by atoms with van der Waals surface area (Å²) in [6.45, 7) is 6.01. The minimum Gasteiger partial charge on any atom is -0.376 e. The predicted molar refractivity (Wildman–Crippen MR) is 125 cm³/mol. The second kappa shape index (κ2) is 12.5. The van der Waals surface area contributed by atoms with Gasteiger partial charge < -0.3 is 10.1 Å². The molecular weight excluding hydrogens is 406 g/mol. The number of hydrogen-bond donors (Lipinski definition) is 3. The third-order valence-corrected chi connectivity index (χ3v) is 5.06. The topological polar surface area (TPSA) is 96.5 Å². The van der Waals surface area contributed by atoms with Crippen LogP contribution < -0.4 is 16.2 Å². The number of ether oxygens (including phenoxy) is 1. The Morgan fingerprint density at radius 2 is 1.59 bits per heavy atom. The molecule has 172 valence electrons. The Morgan fingerprint density at radius 1 is 0.969 bits per heavy atom. The maximum absolute atomic E-state index is 12.2. The molecule has 0 aliphatic rings. The van der Waals surface area contributed by atoms with Crippen LogP contribution in [0, 0.1) is 5.41 Å². The molecule has 3 N–H and O–H groups in total. The number of carbonyl (C=O) groups is 3. The van der Waals surface area contributed by atoms with Gasteiger partial charge in [0.05, 0.1) is 5.69 Å². The molecule has 7 nitrogen and oxygen atoms in total. The lowest BCUT2D eigenvalue weighted by atomic mass is 9.89. The number of para-hydroxylation sites is 1. The molecule has 2 aromatic rings. The Hall–Kier alpha value is -3.35. The van der Waals surface area contributed by atoms with Gasteiger partial charge in [0.15, 0.2) is 0 Å². The molecule has 32 heavy (non-hydrogen) atoms. The summed E-state index contributed by atoms with van der Waals surface area (Å²) in [5.74, 6) is -0.427.